The van der Waals surface area contributed by atoms with Crippen LogP contribution in [-0.2, 0) is 4.74 Å². The molecule has 0 bridgehead atoms. The van der Waals surface area contributed by atoms with Gasteiger partial charge in [0.2, 0.25) is 0 Å². The molecule has 5 heteroatoms. The van der Waals surface area contributed by atoms with Crippen LogP contribution in [0.1, 0.15) is 65.0 Å². The molecule has 2 rings (SSSR count). The predicted octanol–water partition coefficient (Wildman–Crippen LogP) is 4.31. The van der Waals surface area contributed by atoms with Crippen molar-refractivity contribution in [3.63, 3.8) is 0 Å². The van der Waals surface area contributed by atoms with Gasteiger partial charge in [-0.1, -0.05) is 12.1 Å². The Balaban J connectivity index is 1.84. The molecule has 24 heavy (non-hydrogen) atoms. The molecule has 0 saturated heterocycles. The van der Waals surface area contributed by atoms with Crippen LogP contribution in [0.3, 0.4) is 0 Å². The zero-order chi connectivity index (χ0) is 17.7. The molecule has 1 fully saturated rings. The van der Waals surface area contributed by atoms with E-state index in [4.69, 9.17) is 4.74 Å². The van der Waals surface area contributed by atoms with E-state index in [9.17, 15) is 9.18 Å². The molecule has 1 aliphatic rings. The van der Waals surface area contributed by atoms with Gasteiger partial charge in [0.15, 0.2) is 0 Å². The minimum atomic E-state index is -0.479. The van der Waals surface area contributed by atoms with Gasteiger partial charge in [0.05, 0.1) is 0 Å². The second-order valence-electron chi connectivity index (χ2n) is 7.65. The van der Waals surface area contributed by atoms with E-state index in [2.05, 4.69) is 17.6 Å². The average Bonchev–Trinajstić information content (AvgIpc) is 2.46. The third-order valence-electron chi connectivity index (χ3n) is 4.25. The van der Waals surface area contributed by atoms with E-state index < -0.39 is 5.60 Å². The lowest BCUT2D eigenvalue weighted by Crippen LogP contribution is -2.46. The van der Waals surface area contributed by atoms with Crippen molar-refractivity contribution in [3.05, 3.63) is 35.6 Å². The fraction of sp³-hybridized carbons (Fsp3) is 0.632. The van der Waals surface area contributed by atoms with Crippen molar-refractivity contribution in [3.8, 4) is 0 Å². The maximum Gasteiger partial charge on any atom is 0.407 e. The number of benzene rings is 1. The third-order valence-corrected chi connectivity index (χ3v) is 4.25. The van der Waals surface area contributed by atoms with E-state index in [0.29, 0.717) is 6.04 Å². The number of nitrogens with one attached hydrogen (secondary N) is 2. The molecule has 1 aromatic rings. The second-order valence-corrected chi connectivity index (χ2v) is 7.65. The van der Waals surface area contributed by atoms with Gasteiger partial charge in [-0.25, -0.2) is 9.18 Å². The number of hydrogen-bond donors (Lipinski definition) is 2. The van der Waals surface area contributed by atoms with Gasteiger partial charge in [-0.3, -0.25) is 0 Å². The molecule has 1 saturated carbocycles. The molecule has 3 unspecified atom stereocenters. The Morgan fingerprint density at radius 2 is 1.83 bits per heavy atom. The lowest BCUT2D eigenvalue weighted by molar-refractivity contribution is 0.0488. The molecular formula is C19H29FN2O2. The summed E-state index contributed by atoms with van der Waals surface area (Å²) in [6, 6.07) is 7.21. The first kappa shape index (κ1) is 18.7. The molecule has 2 N–H and O–H groups in total. The zero-order valence-corrected chi connectivity index (χ0v) is 15.1. The third kappa shape index (κ3) is 6.11. The van der Waals surface area contributed by atoms with E-state index in [-0.39, 0.29) is 24.0 Å². The van der Waals surface area contributed by atoms with Crippen LogP contribution in [0, 0.1) is 5.82 Å². The largest absolute Gasteiger partial charge is 0.444 e. The van der Waals surface area contributed by atoms with Gasteiger partial charge in [0.25, 0.3) is 0 Å². The molecule has 0 spiro atoms. The van der Waals surface area contributed by atoms with E-state index in [1.165, 1.54) is 12.1 Å². The smallest absolute Gasteiger partial charge is 0.407 e. The monoisotopic (exact) mass is 336 g/mol. The molecule has 3 atom stereocenters. The molecule has 1 amide bonds. The summed E-state index contributed by atoms with van der Waals surface area (Å²) in [5, 5.41) is 6.57. The standard InChI is InChI=1S/C19H29FN2O2/c1-13(14-8-10-15(20)11-9-14)21-16-6-5-7-17(12-16)22-18(23)24-19(2,3)4/h8-11,13,16-17,21H,5-7,12H2,1-4H3,(H,22,23). The van der Waals surface area contributed by atoms with Gasteiger partial charge in [-0.15, -0.1) is 0 Å². The summed E-state index contributed by atoms with van der Waals surface area (Å²) in [7, 11) is 0. The SMILES string of the molecule is CC(NC1CCCC(NC(=O)OC(C)(C)C)C1)c1ccc(F)cc1. The highest BCUT2D eigenvalue weighted by atomic mass is 19.1. The van der Waals surface area contributed by atoms with Crippen molar-refractivity contribution >= 4 is 6.09 Å². The average molecular weight is 336 g/mol. The summed E-state index contributed by atoms with van der Waals surface area (Å²) in [6.45, 7) is 7.67. The molecular weight excluding hydrogens is 307 g/mol. The number of amides is 1. The second kappa shape index (κ2) is 7.97. The first-order valence-corrected chi connectivity index (χ1v) is 8.74. The Morgan fingerprint density at radius 3 is 2.46 bits per heavy atom. The van der Waals surface area contributed by atoms with Crippen molar-refractivity contribution in [1.29, 1.82) is 0 Å². The van der Waals surface area contributed by atoms with Crippen LogP contribution >= 0.6 is 0 Å². The van der Waals surface area contributed by atoms with E-state index >= 15 is 0 Å². The number of alkyl carbamates (subject to hydrolysis) is 1. The number of carbonyl (C=O) groups is 1. The van der Waals surface area contributed by atoms with Crippen molar-refractivity contribution < 1.29 is 13.9 Å². The van der Waals surface area contributed by atoms with Gasteiger partial charge in [0, 0.05) is 18.1 Å². The number of ether oxygens (including phenoxy) is 1. The summed E-state index contributed by atoms with van der Waals surface area (Å²) >= 11 is 0. The van der Waals surface area contributed by atoms with Crippen LogP contribution in [0.5, 0.6) is 0 Å². The quantitative estimate of drug-likeness (QED) is 0.861. The van der Waals surface area contributed by atoms with E-state index in [0.717, 1.165) is 31.2 Å². The summed E-state index contributed by atoms with van der Waals surface area (Å²) in [5.41, 5.74) is 0.589. The van der Waals surface area contributed by atoms with Crippen LogP contribution in [0.4, 0.5) is 9.18 Å². The van der Waals surface area contributed by atoms with Crippen molar-refractivity contribution in [1.82, 2.24) is 10.6 Å². The Morgan fingerprint density at radius 1 is 1.21 bits per heavy atom. The molecule has 0 radical (unpaired) electrons. The summed E-state index contributed by atoms with van der Waals surface area (Å²) in [6.07, 6.45) is 3.65. The van der Waals surface area contributed by atoms with Crippen molar-refractivity contribution in [2.24, 2.45) is 0 Å². The number of hydrogen-bond acceptors (Lipinski definition) is 3. The zero-order valence-electron chi connectivity index (χ0n) is 15.1. The van der Waals surface area contributed by atoms with Gasteiger partial charge in [0.1, 0.15) is 11.4 Å². The maximum atomic E-state index is 13.0. The molecule has 4 nitrogen and oxygen atoms in total. The minimum Gasteiger partial charge on any atom is -0.444 e. The summed E-state index contributed by atoms with van der Waals surface area (Å²) < 4.78 is 18.4. The number of halogens is 1. The Kier molecular flexibility index (Phi) is 6.21. The lowest BCUT2D eigenvalue weighted by atomic mass is 9.90. The Hall–Kier alpha value is -1.62. The van der Waals surface area contributed by atoms with Crippen LogP contribution in [0.2, 0.25) is 0 Å². The molecule has 0 heterocycles. The van der Waals surface area contributed by atoms with Crippen molar-refractivity contribution in [2.75, 3.05) is 0 Å². The highest BCUT2D eigenvalue weighted by molar-refractivity contribution is 5.68. The van der Waals surface area contributed by atoms with Crippen LogP contribution in [0.15, 0.2) is 24.3 Å². The Labute approximate surface area is 144 Å². The van der Waals surface area contributed by atoms with Crippen LogP contribution in [-0.4, -0.2) is 23.8 Å². The lowest BCUT2D eigenvalue weighted by Gasteiger charge is -2.33. The van der Waals surface area contributed by atoms with Crippen molar-refractivity contribution in [2.45, 2.75) is 77.1 Å². The predicted molar refractivity (Wildman–Crippen MR) is 93.4 cm³/mol. The van der Waals surface area contributed by atoms with E-state index in [1.807, 2.05) is 32.9 Å². The van der Waals surface area contributed by atoms with E-state index in [1.54, 1.807) is 0 Å². The highest BCUT2D eigenvalue weighted by Gasteiger charge is 2.26. The Bertz CT molecular complexity index is 539. The highest BCUT2D eigenvalue weighted by Crippen LogP contribution is 2.22. The van der Waals surface area contributed by atoms with Gasteiger partial charge in [-0.05, 0) is 71.1 Å². The first-order valence-electron chi connectivity index (χ1n) is 8.74. The summed E-state index contributed by atoms with van der Waals surface area (Å²) in [5.74, 6) is -0.217. The minimum absolute atomic E-state index is 0.131. The number of rotatable bonds is 4. The van der Waals surface area contributed by atoms with Crippen LogP contribution < -0.4 is 10.6 Å². The van der Waals surface area contributed by atoms with Gasteiger partial charge < -0.3 is 15.4 Å². The molecule has 1 aromatic carbocycles. The van der Waals surface area contributed by atoms with Crippen LogP contribution in [0.25, 0.3) is 0 Å². The van der Waals surface area contributed by atoms with Gasteiger partial charge >= 0.3 is 6.09 Å². The fourth-order valence-corrected chi connectivity index (χ4v) is 3.15. The topological polar surface area (TPSA) is 50.4 Å². The molecule has 0 aliphatic heterocycles. The number of carbonyl (C=O) groups excluding carboxylic acids is 1. The van der Waals surface area contributed by atoms with Gasteiger partial charge in [-0.2, -0.15) is 0 Å². The molecule has 1 aliphatic carbocycles. The summed E-state index contributed by atoms with van der Waals surface area (Å²) in [4.78, 5) is 11.9. The fourth-order valence-electron chi connectivity index (χ4n) is 3.15. The maximum absolute atomic E-state index is 13.0. The molecule has 134 valence electrons. The normalized spacial score (nSPS) is 22.7. The molecule has 0 aromatic heterocycles. The first-order chi connectivity index (χ1) is 11.2.